The zero-order valence-corrected chi connectivity index (χ0v) is 20.9. The van der Waals surface area contributed by atoms with Gasteiger partial charge in [-0.25, -0.2) is 0 Å². The van der Waals surface area contributed by atoms with Crippen molar-refractivity contribution in [2.24, 2.45) is 29.6 Å². The van der Waals surface area contributed by atoms with Crippen LogP contribution in [0.5, 0.6) is 0 Å². The monoisotopic (exact) mass is 430 g/mol. The van der Waals surface area contributed by atoms with Crippen LogP contribution in [0, 0.1) is 29.6 Å². The van der Waals surface area contributed by atoms with Crippen molar-refractivity contribution in [3.63, 3.8) is 0 Å². The number of rotatable bonds is 5. The number of benzene rings is 1. The summed E-state index contributed by atoms with van der Waals surface area (Å²) in [6.07, 6.45) is 18.8. The van der Waals surface area contributed by atoms with Crippen molar-refractivity contribution >= 4 is 0 Å². The highest BCUT2D eigenvalue weighted by atomic mass is 14.5. The Labute approximate surface area is 198 Å². The van der Waals surface area contributed by atoms with E-state index in [2.05, 4.69) is 51.3 Å². The molecule has 4 aliphatic carbocycles. The summed E-state index contributed by atoms with van der Waals surface area (Å²) in [6.45, 7) is 13.6. The van der Waals surface area contributed by atoms with Gasteiger partial charge in [0.2, 0.25) is 0 Å². The maximum Gasteiger partial charge on any atom is 0.0168 e. The van der Waals surface area contributed by atoms with Crippen molar-refractivity contribution < 1.29 is 0 Å². The van der Waals surface area contributed by atoms with Gasteiger partial charge in [0.05, 0.1) is 0 Å². The van der Waals surface area contributed by atoms with Gasteiger partial charge in [-0.05, 0) is 92.6 Å². The van der Waals surface area contributed by atoms with Crippen LogP contribution >= 0.6 is 0 Å². The second-order valence-electron chi connectivity index (χ2n) is 12.3. The molecule has 0 amide bonds. The topological polar surface area (TPSA) is 0 Å². The third kappa shape index (κ3) is 3.95. The normalized spacial score (nSPS) is 39.0. The largest absolute Gasteiger partial charge is 0.0999 e. The number of allylic oxidation sites excluding steroid dienone is 2. The molecule has 1 spiro atoms. The van der Waals surface area contributed by atoms with E-state index in [4.69, 9.17) is 0 Å². The minimum Gasteiger partial charge on any atom is -0.0999 e. The van der Waals surface area contributed by atoms with Crippen molar-refractivity contribution in [1.82, 2.24) is 0 Å². The molecule has 0 aromatic heterocycles. The predicted molar refractivity (Wildman–Crippen MR) is 138 cm³/mol. The molecular formula is C32H46. The minimum absolute atomic E-state index is 0.297. The van der Waals surface area contributed by atoms with E-state index in [-0.39, 0.29) is 0 Å². The van der Waals surface area contributed by atoms with Crippen molar-refractivity contribution in [3.8, 4) is 0 Å². The van der Waals surface area contributed by atoms with Crippen molar-refractivity contribution in [2.75, 3.05) is 0 Å². The summed E-state index contributed by atoms with van der Waals surface area (Å²) >= 11 is 0. The molecular weight excluding hydrogens is 384 g/mol. The van der Waals surface area contributed by atoms with Crippen LogP contribution in [0.3, 0.4) is 0 Å². The molecule has 0 radical (unpaired) electrons. The SMILES string of the molecule is C=C(C)C1CCCC2CC(CCCC3CCC4(CC3)C(=C)C(C)c3ccccc34)CCC21. The van der Waals surface area contributed by atoms with Crippen LogP contribution in [0.1, 0.15) is 114 Å². The molecule has 0 N–H and O–H groups in total. The number of fused-ring (bicyclic) bond motifs is 3. The van der Waals surface area contributed by atoms with E-state index in [1.807, 2.05) is 0 Å². The first-order valence-electron chi connectivity index (χ1n) is 13.9. The fraction of sp³-hybridized carbons (Fsp3) is 0.688. The Kier molecular flexibility index (Phi) is 6.43. The molecule has 0 nitrogen and oxygen atoms in total. The number of hydrogen-bond acceptors (Lipinski definition) is 0. The van der Waals surface area contributed by atoms with Crippen molar-refractivity contribution in [2.45, 2.75) is 109 Å². The summed E-state index contributed by atoms with van der Waals surface area (Å²) in [4.78, 5) is 0. The third-order valence-electron chi connectivity index (χ3n) is 10.7. The standard InChI is InChI=1S/C32H46/c1-22(2)28-13-8-11-27-21-26(15-16-30(27)28)10-7-9-25-17-19-32(20-18-25)24(4)23(3)29-12-5-6-14-31(29)32/h5-6,12,14,23,25-28,30H,1,4,7-11,13,15-21H2,2-3H3. The second-order valence-corrected chi connectivity index (χ2v) is 12.3. The van der Waals surface area contributed by atoms with E-state index in [1.165, 1.54) is 94.6 Å². The molecule has 1 aromatic rings. The van der Waals surface area contributed by atoms with E-state index >= 15 is 0 Å². The van der Waals surface area contributed by atoms with Crippen LogP contribution in [0.4, 0.5) is 0 Å². The number of hydrogen-bond donors (Lipinski definition) is 0. The molecule has 0 bridgehead atoms. The fourth-order valence-electron chi connectivity index (χ4n) is 8.76. The van der Waals surface area contributed by atoms with Crippen molar-refractivity contribution in [1.29, 1.82) is 0 Å². The van der Waals surface area contributed by atoms with Gasteiger partial charge in [-0.15, -0.1) is 0 Å². The first kappa shape index (κ1) is 22.5. The molecule has 3 saturated carbocycles. The molecule has 1 aromatic carbocycles. The summed E-state index contributed by atoms with van der Waals surface area (Å²) in [7, 11) is 0. The summed E-state index contributed by atoms with van der Waals surface area (Å²) < 4.78 is 0. The Morgan fingerprint density at radius 1 is 0.969 bits per heavy atom. The molecule has 0 aliphatic heterocycles. The Morgan fingerprint density at radius 3 is 2.50 bits per heavy atom. The highest BCUT2D eigenvalue weighted by Crippen LogP contribution is 2.57. The first-order valence-corrected chi connectivity index (χ1v) is 13.9. The summed E-state index contributed by atoms with van der Waals surface area (Å²) in [5, 5.41) is 0. The van der Waals surface area contributed by atoms with E-state index in [0.29, 0.717) is 11.3 Å². The van der Waals surface area contributed by atoms with Gasteiger partial charge in [0, 0.05) is 11.3 Å². The molecule has 5 rings (SSSR count). The minimum atomic E-state index is 0.297. The van der Waals surface area contributed by atoms with Gasteiger partial charge in [0.1, 0.15) is 0 Å². The fourth-order valence-corrected chi connectivity index (χ4v) is 8.76. The van der Waals surface area contributed by atoms with E-state index in [9.17, 15) is 0 Å². The zero-order valence-electron chi connectivity index (χ0n) is 20.9. The molecule has 0 heteroatoms. The lowest BCUT2D eigenvalue weighted by molar-refractivity contribution is 0.0868. The van der Waals surface area contributed by atoms with Crippen LogP contribution in [0.2, 0.25) is 0 Å². The lowest BCUT2D eigenvalue weighted by Crippen LogP contribution is -2.34. The van der Waals surface area contributed by atoms with Gasteiger partial charge < -0.3 is 0 Å². The molecule has 0 heterocycles. The lowest BCUT2D eigenvalue weighted by atomic mass is 9.61. The van der Waals surface area contributed by atoms with Gasteiger partial charge >= 0.3 is 0 Å². The molecule has 174 valence electrons. The lowest BCUT2D eigenvalue weighted by Gasteiger charge is -2.44. The van der Waals surface area contributed by atoms with Gasteiger partial charge in [0.25, 0.3) is 0 Å². The average Bonchev–Trinajstić information content (AvgIpc) is 3.02. The third-order valence-corrected chi connectivity index (χ3v) is 10.7. The quantitative estimate of drug-likeness (QED) is 0.408. The summed E-state index contributed by atoms with van der Waals surface area (Å²) in [5.41, 5.74) is 6.45. The van der Waals surface area contributed by atoms with E-state index in [1.54, 1.807) is 11.1 Å². The van der Waals surface area contributed by atoms with Crippen LogP contribution in [-0.2, 0) is 5.41 Å². The highest BCUT2D eigenvalue weighted by Gasteiger charge is 2.46. The predicted octanol–water partition coefficient (Wildman–Crippen LogP) is 9.37. The van der Waals surface area contributed by atoms with Crippen LogP contribution in [0.25, 0.3) is 0 Å². The molecule has 4 aliphatic rings. The Hall–Kier alpha value is -1.30. The summed E-state index contributed by atoms with van der Waals surface area (Å²) in [6, 6.07) is 9.22. The summed E-state index contributed by atoms with van der Waals surface area (Å²) in [5.74, 6) is 5.32. The van der Waals surface area contributed by atoms with Crippen LogP contribution in [-0.4, -0.2) is 0 Å². The Balaban J connectivity index is 1.10. The average molecular weight is 431 g/mol. The van der Waals surface area contributed by atoms with Crippen LogP contribution < -0.4 is 0 Å². The molecule has 5 unspecified atom stereocenters. The smallest absolute Gasteiger partial charge is 0.0168 e. The van der Waals surface area contributed by atoms with Crippen molar-refractivity contribution in [3.05, 3.63) is 59.7 Å². The Morgan fingerprint density at radius 2 is 1.72 bits per heavy atom. The second kappa shape index (κ2) is 9.15. The van der Waals surface area contributed by atoms with Gasteiger partial charge in [-0.3, -0.25) is 0 Å². The Bertz CT molecular complexity index is 835. The molecule has 32 heavy (non-hydrogen) atoms. The maximum absolute atomic E-state index is 4.62. The van der Waals surface area contributed by atoms with Gasteiger partial charge in [-0.1, -0.05) is 94.0 Å². The first-order chi connectivity index (χ1) is 15.5. The molecule has 0 saturated heterocycles. The van der Waals surface area contributed by atoms with Crippen LogP contribution in [0.15, 0.2) is 48.6 Å². The van der Waals surface area contributed by atoms with E-state index in [0.717, 1.165) is 29.6 Å². The zero-order chi connectivity index (χ0) is 22.3. The maximum atomic E-state index is 4.62. The van der Waals surface area contributed by atoms with Gasteiger partial charge in [-0.2, -0.15) is 0 Å². The molecule has 3 fully saturated rings. The highest BCUT2D eigenvalue weighted by molar-refractivity contribution is 5.54. The molecule has 5 atom stereocenters. The van der Waals surface area contributed by atoms with E-state index < -0.39 is 0 Å². The van der Waals surface area contributed by atoms with Gasteiger partial charge in [0.15, 0.2) is 0 Å².